The summed E-state index contributed by atoms with van der Waals surface area (Å²) in [7, 11) is 0. The van der Waals surface area contributed by atoms with Crippen molar-refractivity contribution < 1.29 is 73.8 Å². The van der Waals surface area contributed by atoms with E-state index in [1.165, 1.54) is 83.5 Å². The van der Waals surface area contributed by atoms with Crippen LogP contribution in [0.15, 0.2) is 48.6 Å². The third kappa shape index (κ3) is 27.7. The number of aliphatic hydroxyl groups is 7. The molecule has 2 fully saturated rings. The molecule has 0 spiro atoms. The highest BCUT2D eigenvalue weighted by Crippen LogP contribution is 2.26. The number of carbonyl (C=O) groups excluding carboxylic acids is 2. The third-order valence-corrected chi connectivity index (χ3v) is 12.4. The molecule has 0 amide bonds. The van der Waals surface area contributed by atoms with E-state index < -0.39 is 99.3 Å². The Bertz CT molecular complexity index is 1370. The lowest BCUT2D eigenvalue weighted by atomic mass is 9.98. The average Bonchev–Trinajstić information content (AvgIpc) is 3.33. The highest BCUT2D eigenvalue weighted by molar-refractivity contribution is 5.70. The van der Waals surface area contributed by atoms with Crippen LogP contribution in [0.2, 0.25) is 0 Å². The molecule has 0 aromatic carbocycles. The van der Waals surface area contributed by atoms with E-state index in [4.69, 9.17) is 28.4 Å². The minimum Gasteiger partial charge on any atom is -0.462 e. The molecule has 0 aliphatic carbocycles. The van der Waals surface area contributed by atoms with Gasteiger partial charge >= 0.3 is 11.9 Å². The average molecular weight is 969 g/mol. The molecule has 2 heterocycles. The molecule has 394 valence electrons. The van der Waals surface area contributed by atoms with Gasteiger partial charge < -0.3 is 64.2 Å². The molecule has 2 aliphatic heterocycles. The number of unbranched alkanes of at least 4 members (excludes halogenated alkanes) is 21. The first-order valence-electron chi connectivity index (χ1n) is 26.3. The molecule has 0 aromatic rings. The molecule has 11 atom stereocenters. The van der Waals surface area contributed by atoms with Crippen LogP contribution in [0.1, 0.15) is 181 Å². The predicted molar refractivity (Wildman–Crippen MR) is 261 cm³/mol. The van der Waals surface area contributed by atoms with E-state index >= 15 is 0 Å². The summed E-state index contributed by atoms with van der Waals surface area (Å²) in [6, 6.07) is 0. The van der Waals surface area contributed by atoms with Gasteiger partial charge in [-0.1, -0.05) is 184 Å². The van der Waals surface area contributed by atoms with E-state index in [9.17, 15) is 45.3 Å². The van der Waals surface area contributed by atoms with Gasteiger partial charge in [0.25, 0.3) is 0 Å². The van der Waals surface area contributed by atoms with Crippen LogP contribution in [0.25, 0.3) is 0 Å². The highest BCUT2D eigenvalue weighted by atomic mass is 16.7. The van der Waals surface area contributed by atoms with E-state index in [0.717, 1.165) is 57.8 Å². The molecule has 68 heavy (non-hydrogen) atoms. The van der Waals surface area contributed by atoms with Crippen LogP contribution in [0.5, 0.6) is 0 Å². The summed E-state index contributed by atoms with van der Waals surface area (Å²) in [5, 5.41) is 72.1. The monoisotopic (exact) mass is 969 g/mol. The van der Waals surface area contributed by atoms with Gasteiger partial charge in [0.2, 0.25) is 0 Å². The van der Waals surface area contributed by atoms with Crippen molar-refractivity contribution in [2.24, 2.45) is 0 Å². The number of hydrogen-bond acceptors (Lipinski definition) is 15. The van der Waals surface area contributed by atoms with Crippen molar-refractivity contribution in [3.05, 3.63) is 48.6 Å². The SMILES string of the molecule is CC/C=C/C=C/C=C/C=C/CCCCCCCC(=O)O[C@@H](COC(=O)CCCCCCCCCCCCCCCCCCC)CO[C@@H]1O[C@H](CO[C@@H]2O[C@H](CO)[C@H](O)C(O)C2O)[C@H](O)C(O)C1O. The van der Waals surface area contributed by atoms with Gasteiger partial charge in [-0.2, -0.15) is 0 Å². The normalized spacial score (nSPS) is 26.1. The Hall–Kier alpha value is -2.54. The number of carbonyl (C=O) groups is 2. The van der Waals surface area contributed by atoms with Crippen molar-refractivity contribution in [3.63, 3.8) is 0 Å². The van der Waals surface area contributed by atoms with Gasteiger partial charge in [-0.05, 0) is 32.1 Å². The van der Waals surface area contributed by atoms with Gasteiger partial charge in [0.15, 0.2) is 18.7 Å². The fourth-order valence-corrected chi connectivity index (χ4v) is 8.11. The molecule has 15 heteroatoms. The van der Waals surface area contributed by atoms with Crippen molar-refractivity contribution in [2.75, 3.05) is 26.4 Å². The van der Waals surface area contributed by atoms with Crippen molar-refractivity contribution in [2.45, 2.75) is 248 Å². The zero-order valence-corrected chi connectivity index (χ0v) is 41.6. The Morgan fingerprint density at radius 2 is 0.926 bits per heavy atom. The Morgan fingerprint density at radius 1 is 0.485 bits per heavy atom. The van der Waals surface area contributed by atoms with Gasteiger partial charge in [0.05, 0.1) is 19.8 Å². The number of ether oxygens (including phenoxy) is 6. The number of esters is 2. The molecular formula is C53H92O15. The summed E-state index contributed by atoms with van der Waals surface area (Å²) >= 11 is 0. The molecule has 0 radical (unpaired) electrons. The van der Waals surface area contributed by atoms with E-state index in [2.05, 4.69) is 26.0 Å². The lowest BCUT2D eigenvalue weighted by Crippen LogP contribution is -2.61. The van der Waals surface area contributed by atoms with Gasteiger partial charge in [0.1, 0.15) is 55.4 Å². The van der Waals surface area contributed by atoms with Crippen molar-refractivity contribution in [3.8, 4) is 0 Å². The van der Waals surface area contributed by atoms with E-state index in [1.807, 2.05) is 36.5 Å². The first-order chi connectivity index (χ1) is 33.0. The first-order valence-corrected chi connectivity index (χ1v) is 26.3. The van der Waals surface area contributed by atoms with Crippen LogP contribution in [-0.2, 0) is 38.0 Å². The van der Waals surface area contributed by atoms with E-state index in [1.54, 1.807) is 0 Å². The summed E-state index contributed by atoms with van der Waals surface area (Å²) in [6.07, 6.45) is 27.1. The fourth-order valence-electron chi connectivity index (χ4n) is 8.11. The van der Waals surface area contributed by atoms with Crippen LogP contribution in [0.3, 0.4) is 0 Å². The summed E-state index contributed by atoms with van der Waals surface area (Å²) in [4.78, 5) is 25.8. The second kappa shape index (κ2) is 40.1. The molecule has 0 saturated carbocycles. The Labute approximate surface area is 408 Å². The van der Waals surface area contributed by atoms with Gasteiger partial charge in [-0.3, -0.25) is 9.59 Å². The van der Waals surface area contributed by atoms with Crippen LogP contribution >= 0.6 is 0 Å². The van der Waals surface area contributed by atoms with Gasteiger partial charge in [0, 0.05) is 12.8 Å². The summed E-state index contributed by atoms with van der Waals surface area (Å²) in [6.45, 7) is 2.44. The molecule has 2 saturated heterocycles. The van der Waals surface area contributed by atoms with Gasteiger partial charge in [-0.15, -0.1) is 0 Å². The lowest BCUT2D eigenvalue weighted by Gasteiger charge is -2.42. The van der Waals surface area contributed by atoms with E-state index in [-0.39, 0.29) is 19.4 Å². The standard InChI is InChI=1S/C53H92O15/c1-3-5-7-9-11-13-15-17-19-20-22-23-25-27-29-31-33-35-44(55)63-38-41(66-45(56)36-34-32-30-28-26-24-21-18-16-14-12-10-8-6-4-2)39-64-52-51(62)49(60)47(58)43(68-52)40-65-53-50(61)48(59)46(57)42(37-54)67-53/h6,8,10,12,14,16,18,21,41-43,46-54,57-62H,3-5,7,9,11,13,15,17,19-20,22-40H2,1-2H3/b8-6+,12-10+,16-14+,21-18+/t41-,42+,43+,46-,47-,48?,49?,50?,51?,52+,53+/m0/s1. The number of hydrogen-bond donors (Lipinski definition) is 7. The van der Waals surface area contributed by atoms with Gasteiger partial charge in [-0.25, -0.2) is 0 Å². The molecular weight excluding hydrogens is 877 g/mol. The molecule has 0 bridgehead atoms. The van der Waals surface area contributed by atoms with Crippen LogP contribution in [0, 0.1) is 0 Å². The molecule has 15 nitrogen and oxygen atoms in total. The molecule has 2 aliphatic rings. The Kier molecular flexibility index (Phi) is 36.3. The minimum absolute atomic E-state index is 0.139. The molecule has 7 N–H and O–H groups in total. The predicted octanol–water partition coefficient (Wildman–Crippen LogP) is 7.49. The topological polar surface area (TPSA) is 231 Å². The smallest absolute Gasteiger partial charge is 0.306 e. The second-order valence-electron chi connectivity index (χ2n) is 18.4. The van der Waals surface area contributed by atoms with Crippen LogP contribution in [0.4, 0.5) is 0 Å². The number of aliphatic hydroxyl groups excluding tert-OH is 7. The van der Waals surface area contributed by atoms with Crippen molar-refractivity contribution >= 4 is 11.9 Å². The van der Waals surface area contributed by atoms with E-state index in [0.29, 0.717) is 12.8 Å². The summed E-state index contributed by atoms with van der Waals surface area (Å²) in [5.41, 5.74) is 0. The Morgan fingerprint density at radius 3 is 1.46 bits per heavy atom. The Balaban J connectivity index is 1.80. The zero-order chi connectivity index (χ0) is 49.6. The second-order valence-corrected chi connectivity index (χ2v) is 18.4. The third-order valence-electron chi connectivity index (χ3n) is 12.4. The quantitative estimate of drug-likeness (QED) is 0.0179. The zero-order valence-electron chi connectivity index (χ0n) is 41.6. The molecule has 4 unspecified atom stereocenters. The maximum atomic E-state index is 13.0. The van der Waals surface area contributed by atoms with Crippen molar-refractivity contribution in [1.29, 1.82) is 0 Å². The number of allylic oxidation sites excluding steroid dienone is 8. The highest BCUT2D eigenvalue weighted by Gasteiger charge is 2.47. The summed E-state index contributed by atoms with van der Waals surface area (Å²) < 4.78 is 33.6. The minimum atomic E-state index is -1.77. The molecule has 2 rings (SSSR count). The molecule has 0 aromatic heterocycles. The van der Waals surface area contributed by atoms with Crippen molar-refractivity contribution in [1.82, 2.24) is 0 Å². The van der Waals surface area contributed by atoms with Crippen LogP contribution in [-0.4, -0.2) is 142 Å². The number of rotatable bonds is 40. The maximum Gasteiger partial charge on any atom is 0.306 e. The maximum absolute atomic E-state index is 13.0. The first kappa shape index (κ1) is 61.6. The fraction of sp³-hybridized carbons (Fsp3) is 0.811. The summed E-state index contributed by atoms with van der Waals surface area (Å²) in [5.74, 6) is -0.949. The largest absolute Gasteiger partial charge is 0.462 e. The lowest BCUT2D eigenvalue weighted by molar-refractivity contribution is -0.332. The van der Waals surface area contributed by atoms with Crippen LogP contribution < -0.4 is 0 Å².